The minimum Gasteiger partial charge on any atom is -0.378 e. The lowest BCUT2D eigenvalue weighted by atomic mass is 9.95. The summed E-state index contributed by atoms with van der Waals surface area (Å²) in [4.78, 5) is 24.8. The van der Waals surface area contributed by atoms with Crippen molar-refractivity contribution >= 4 is 11.7 Å². The molecule has 0 atom stereocenters. The molecule has 9 heteroatoms. The average molecular weight is 369 g/mol. The van der Waals surface area contributed by atoms with E-state index in [1.54, 1.807) is 6.20 Å². The topological polar surface area (TPSA) is 84.6 Å². The van der Waals surface area contributed by atoms with Crippen molar-refractivity contribution in [2.24, 2.45) is 5.73 Å². The van der Waals surface area contributed by atoms with E-state index in [0.717, 1.165) is 24.7 Å². The Hall–Kier alpha value is -1.87. The van der Waals surface area contributed by atoms with Crippen LogP contribution in [0, 0.1) is 0 Å². The van der Waals surface area contributed by atoms with E-state index in [1.165, 1.54) is 4.90 Å². The summed E-state index contributed by atoms with van der Waals surface area (Å²) in [6.07, 6.45) is 2.28. The summed E-state index contributed by atoms with van der Waals surface area (Å²) < 4.78 is 32.0. The van der Waals surface area contributed by atoms with Gasteiger partial charge in [0.05, 0.1) is 26.2 Å². The quantitative estimate of drug-likeness (QED) is 0.834. The van der Waals surface area contributed by atoms with Crippen LogP contribution in [-0.2, 0) is 9.53 Å². The maximum absolute atomic E-state index is 13.3. The molecular weight excluding hydrogens is 344 g/mol. The van der Waals surface area contributed by atoms with Crippen LogP contribution in [0.2, 0.25) is 0 Å². The van der Waals surface area contributed by atoms with Gasteiger partial charge in [0, 0.05) is 38.3 Å². The van der Waals surface area contributed by atoms with Crippen LogP contribution in [0.25, 0.3) is 0 Å². The first kappa shape index (κ1) is 18.9. The fourth-order valence-corrected chi connectivity index (χ4v) is 3.32. The Morgan fingerprint density at radius 1 is 1.27 bits per heavy atom. The zero-order chi connectivity index (χ0) is 18.6. The summed E-state index contributed by atoms with van der Waals surface area (Å²) in [5.41, 5.74) is 5.01. The van der Waals surface area contributed by atoms with Gasteiger partial charge in [0.25, 0.3) is 5.92 Å². The highest BCUT2D eigenvalue weighted by atomic mass is 19.3. The zero-order valence-corrected chi connectivity index (χ0v) is 14.7. The van der Waals surface area contributed by atoms with Gasteiger partial charge >= 0.3 is 0 Å². The van der Waals surface area contributed by atoms with Gasteiger partial charge in [0.2, 0.25) is 5.91 Å². The standard InChI is InChI=1S/C17H25F2N5O2/c18-17(19,12-20)11-15(25)24-5-2-13(3-6-24)16-21-4-1-14(22-16)23-7-9-26-10-8-23/h1,4,13H,2-3,5-12,20H2. The molecule has 0 aromatic carbocycles. The predicted molar refractivity (Wildman–Crippen MR) is 92.2 cm³/mol. The highest BCUT2D eigenvalue weighted by molar-refractivity contribution is 5.77. The van der Waals surface area contributed by atoms with Gasteiger partial charge in [-0.25, -0.2) is 18.7 Å². The number of anilines is 1. The molecule has 26 heavy (non-hydrogen) atoms. The maximum Gasteiger partial charge on any atom is 0.268 e. The number of nitrogens with zero attached hydrogens (tertiary/aromatic N) is 4. The average Bonchev–Trinajstić information content (AvgIpc) is 2.68. The fraction of sp³-hybridized carbons (Fsp3) is 0.706. The number of piperidine rings is 1. The van der Waals surface area contributed by atoms with E-state index in [0.29, 0.717) is 39.1 Å². The van der Waals surface area contributed by atoms with Crippen LogP contribution in [0.3, 0.4) is 0 Å². The summed E-state index contributed by atoms with van der Waals surface area (Å²) in [5, 5.41) is 0. The van der Waals surface area contributed by atoms with Gasteiger partial charge in [-0.3, -0.25) is 4.79 Å². The molecule has 1 amide bonds. The van der Waals surface area contributed by atoms with E-state index >= 15 is 0 Å². The SMILES string of the molecule is NCC(F)(F)CC(=O)N1CCC(c2nccc(N3CCOCC3)n2)CC1. The van der Waals surface area contributed by atoms with E-state index in [9.17, 15) is 13.6 Å². The highest BCUT2D eigenvalue weighted by Gasteiger charge is 2.34. The van der Waals surface area contributed by atoms with Crippen LogP contribution in [0.1, 0.15) is 31.0 Å². The molecule has 1 aromatic rings. The van der Waals surface area contributed by atoms with Crippen LogP contribution in [0.5, 0.6) is 0 Å². The molecule has 0 saturated carbocycles. The number of hydrogen-bond acceptors (Lipinski definition) is 6. The van der Waals surface area contributed by atoms with Crippen LogP contribution < -0.4 is 10.6 Å². The van der Waals surface area contributed by atoms with Crippen molar-refractivity contribution in [3.63, 3.8) is 0 Å². The maximum atomic E-state index is 13.3. The number of amides is 1. The van der Waals surface area contributed by atoms with Crippen molar-refractivity contribution < 1.29 is 18.3 Å². The summed E-state index contributed by atoms with van der Waals surface area (Å²) >= 11 is 0. The van der Waals surface area contributed by atoms with Crippen LogP contribution in [0.4, 0.5) is 14.6 Å². The molecule has 1 aromatic heterocycles. The molecule has 3 heterocycles. The van der Waals surface area contributed by atoms with Gasteiger partial charge in [-0.05, 0) is 18.9 Å². The molecule has 0 radical (unpaired) electrons. The first-order chi connectivity index (χ1) is 12.5. The Morgan fingerprint density at radius 2 is 1.96 bits per heavy atom. The third-order valence-corrected chi connectivity index (χ3v) is 4.92. The summed E-state index contributed by atoms with van der Waals surface area (Å²) in [6.45, 7) is 3.06. The van der Waals surface area contributed by atoms with E-state index < -0.39 is 24.8 Å². The number of alkyl halides is 2. The molecule has 0 aliphatic carbocycles. The van der Waals surface area contributed by atoms with Gasteiger partial charge in [0.1, 0.15) is 11.6 Å². The van der Waals surface area contributed by atoms with Crippen molar-refractivity contribution in [1.29, 1.82) is 0 Å². The summed E-state index contributed by atoms with van der Waals surface area (Å²) in [5.74, 6) is -1.89. The minimum absolute atomic E-state index is 0.134. The highest BCUT2D eigenvalue weighted by Crippen LogP contribution is 2.28. The minimum atomic E-state index is -3.14. The van der Waals surface area contributed by atoms with Crippen molar-refractivity contribution in [3.8, 4) is 0 Å². The molecule has 0 bridgehead atoms. The third-order valence-electron chi connectivity index (χ3n) is 4.92. The monoisotopic (exact) mass is 369 g/mol. The molecule has 2 saturated heterocycles. The number of rotatable bonds is 5. The molecule has 2 aliphatic heterocycles. The summed E-state index contributed by atoms with van der Waals surface area (Å²) in [7, 11) is 0. The second-order valence-electron chi connectivity index (χ2n) is 6.76. The Balaban J connectivity index is 1.57. The van der Waals surface area contributed by atoms with Crippen molar-refractivity contribution in [2.45, 2.75) is 31.1 Å². The smallest absolute Gasteiger partial charge is 0.268 e. The Bertz CT molecular complexity index is 617. The summed E-state index contributed by atoms with van der Waals surface area (Å²) in [6, 6.07) is 1.89. The third kappa shape index (κ3) is 4.64. The first-order valence-corrected chi connectivity index (χ1v) is 9.00. The van der Waals surface area contributed by atoms with E-state index in [1.807, 2.05) is 6.07 Å². The molecule has 0 spiro atoms. The molecule has 7 nitrogen and oxygen atoms in total. The van der Waals surface area contributed by atoms with Gasteiger partial charge in [-0.2, -0.15) is 0 Å². The number of halogens is 2. The van der Waals surface area contributed by atoms with Crippen LogP contribution >= 0.6 is 0 Å². The number of aromatic nitrogens is 2. The van der Waals surface area contributed by atoms with Gasteiger partial charge < -0.3 is 20.3 Å². The fourth-order valence-electron chi connectivity index (χ4n) is 3.32. The predicted octanol–water partition coefficient (Wildman–Crippen LogP) is 1.00. The number of carbonyl (C=O) groups excluding carboxylic acids is 1. The van der Waals surface area contributed by atoms with E-state index in [-0.39, 0.29) is 5.92 Å². The first-order valence-electron chi connectivity index (χ1n) is 9.00. The molecule has 2 N–H and O–H groups in total. The number of nitrogens with two attached hydrogens (primary N) is 1. The molecule has 2 aliphatic rings. The van der Waals surface area contributed by atoms with Crippen molar-refractivity contribution in [3.05, 3.63) is 18.1 Å². The normalized spacial score (nSPS) is 19.7. The lowest BCUT2D eigenvalue weighted by Gasteiger charge is -2.33. The number of carbonyl (C=O) groups is 1. The molecule has 2 fully saturated rings. The molecule has 3 rings (SSSR count). The van der Waals surface area contributed by atoms with Gasteiger partial charge in [-0.15, -0.1) is 0 Å². The van der Waals surface area contributed by atoms with Gasteiger partial charge in [0.15, 0.2) is 0 Å². The van der Waals surface area contributed by atoms with Crippen LogP contribution in [-0.4, -0.2) is 72.6 Å². The molecule has 144 valence electrons. The number of hydrogen-bond donors (Lipinski definition) is 1. The second kappa shape index (κ2) is 8.22. The number of ether oxygens (including phenoxy) is 1. The van der Waals surface area contributed by atoms with Crippen LogP contribution in [0.15, 0.2) is 12.3 Å². The Labute approximate surface area is 151 Å². The largest absolute Gasteiger partial charge is 0.378 e. The lowest BCUT2D eigenvalue weighted by molar-refractivity contribution is -0.139. The zero-order valence-electron chi connectivity index (χ0n) is 14.7. The molecule has 0 unspecified atom stereocenters. The van der Waals surface area contributed by atoms with E-state index in [2.05, 4.69) is 14.9 Å². The van der Waals surface area contributed by atoms with Gasteiger partial charge in [-0.1, -0.05) is 0 Å². The lowest BCUT2D eigenvalue weighted by Crippen LogP contribution is -2.42. The molecular formula is C17H25F2N5O2. The number of morpholine rings is 1. The van der Waals surface area contributed by atoms with Crippen molar-refractivity contribution in [1.82, 2.24) is 14.9 Å². The van der Waals surface area contributed by atoms with E-state index in [4.69, 9.17) is 10.5 Å². The second-order valence-corrected chi connectivity index (χ2v) is 6.76. The Kier molecular flexibility index (Phi) is 5.98. The number of likely N-dealkylation sites (tertiary alicyclic amines) is 1. The Morgan fingerprint density at radius 3 is 2.62 bits per heavy atom. The van der Waals surface area contributed by atoms with Crippen molar-refractivity contribution in [2.75, 3.05) is 50.8 Å².